The summed E-state index contributed by atoms with van der Waals surface area (Å²) in [4.78, 5) is 12.7. The van der Waals surface area contributed by atoms with Gasteiger partial charge in [-0.2, -0.15) is 0 Å². The zero-order chi connectivity index (χ0) is 13.5. The van der Waals surface area contributed by atoms with Gasteiger partial charge in [0.25, 0.3) is 0 Å². The van der Waals surface area contributed by atoms with E-state index in [0.29, 0.717) is 19.7 Å². The SMILES string of the molecule is CCN(CCOc1ccc(Br)cc1)C(C)C(=O)O. The van der Waals surface area contributed by atoms with Gasteiger partial charge in [0.1, 0.15) is 18.4 Å². The molecule has 18 heavy (non-hydrogen) atoms. The second-order valence-corrected chi connectivity index (χ2v) is 4.86. The van der Waals surface area contributed by atoms with Crippen molar-refractivity contribution in [2.24, 2.45) is 0 Å². The molecule has 1 aromatic carbocycles. The fourth-order valence-electron chi connectivity index (χ4n) is 1.59. The number of hydrogen-bond donors (Lipinski definition) is 1. The van der Waals surface area contributed by atoms with Crippen molar-refractivity contribution >= 4 is 21.9 Å². The van der Waals surface area contributed by atoms with Crippen molar-refractivity contribution in [1.82, 2.24) is 4.90 Å². The lowest BCUT2D eigenvalue weighted by Crippen LogP contribution is -2.41. The maximum atomic E-state index is 10.9. The first kappa shape index (κ1) is 15.0. The van der Waals surface area contributed by atoms with Crippen molar-refractivity contribution in [2.75, 3.05) is 19.7 Å². The summed E-state index contributed by atoms with van der Waals surface area (Å²) in [5.74, 6) is -0.0160. The van der Waals surface area contributed by atoms with Gasteiger partial charge in [-0.05, 0) is 37.7 Å². The monoisotopic (exact) mass is 315 g/mol. The van der Waals surface area contributed by atoms with Crippen molar-refractivity contribution in [1.29, 1.82) is 0 Å². The summed E-state index contributed by atoms with van der Waals surface area (Å²) in [5.41, 5.74) is 0. The van der Waals surface area contributed by atoms with Crippen LogP contribution in [0.4, 0.5) is 0 Å². The molecule has 0 fully saturated rings. The minimum absolute atomic E-state index is 0.479. The molecule has 0 bridgehead atoms. The van der Waals surface area contributed by atoms with Gasteiger partial charge in [0.05, 0.1) is 0 Å². The molecule has 0 aliphatic heterocycles. The second kappa shape index (κ2) is 7.38. The minimum Gasteiger partial charge on any atom is -0.492 e. The van der Waals surface area contributed by atoms with Crippen molar-refractivity contribution < 1.29 is 14.6 Å². The van der Waals surface area contributed by atoms with E-state index in [9.17, 15) is 4.79 Å². The predicted octanol–water partition coefficient (Wildman–Crippen LogP) is 2.62. The number of ether oxygens (including phenoxy) is 1. The van der Waals surface area contributed by atoms with Gasteiger partial charge in [0.15, 0.2) is 0 Å². The molecule has 0 aliphatic carbocycles. The summed E-state index contributed by atoms with van der Waals surface area (Å²) < 4.78 is 6.57. The molecule has 1 rings (SSSR count). The lowest BCUT2D eigenvalue weighted by Gasteiger charge is -2.24. The van der Waals surface area contributed by atoms with Crippen LogP contribution in [0.1, 0.15) is 13.8 Å². The molecule has 0 aromatic heterocycles. The van der Waals surface area contributed by atoms with E-state index in [1.807, 2.05) is 36.1 Å². The van der Waals surface area contributed by atoms with Crippen LogP contribution in [0.15, 0.2) is 28.7 Å². The van der Waals surface area contributed by atoms with E-state index in [0.717, 1.165) is 10.2 Å². The molecule has 1 unspecified atom stereocenters. The maximum absolute atomic E-state index is 10.9. The molecular formula is C13H18BrNO3. The largest absolute Gasteiger partial charge is 0.492 e. The Morgan fingerprint density at radius 3 is 2.56 bits per heavy atom. The third-order valence-electron chi connectivity index (χ3n) is 2.77. The number of benzene rings is 1. The van der Waals surface area contributed by atoms with Crippen LogP contribution in [0.5, 0.6) is 5.75 Å². The van der Waals surface area contributed by atoms with Gasteiger partial charge in [0.2, 0.25) is 0 Å². The number of carboxylic acids is 1. The predicted molar refractivity (Wildman–Crippen MR) is 74.0 cm³/mol. The standard InChI is InChI=1S/C13H18BrNO3/c1-3-15(10(2)13(16)17)8-9-18-12-6-4-11(14)5-7-12/h4-7,10H,3,8-9H2,1-2H3,(H,16,17). The van der Waals surface area contributed by atoms with Crippen LogP contribution in [-0.4, -0.2) is 41.7 Å². The van der Waals surface area contributed by atoms with E-state index in [1.165, 1.54) is 0 Å². The Hall–Kier alpha value is -1.07. The molecule has 0 aliphatic rings. The first-order chi connectivity index (χ1) is 8.54. The van der Waals surface area contributed by atoms with Crippen molar-refractivity contribution in [2.45, 2.75) is 19.9 Å². The van der Waals surface area contributed by atoms with Gasteiger partial charge >= 0.3 is 5.97 Å². The van der Waals surface area contributed by atoms with Gasteiger partial charge in [-0.15, -0.1) is 0 Å². The summed E-state index contributed by atoms with van der Waals surface area (Å²) in [6, 6.07) is 7.09. The van der Waals surface area contributed by atoms with Crippen LogP contribution < -0.4 is 4.74 Å². The molecule has 100 valence electrons. The van der Waals surface area contributed by atoms with E-state index < -0.39 is 12.0 Å². The van der Waals surface area contributed by atoms with Gasteiger partial charge in [-0.1, -0.05) is 22.9 Å². The van der Waals surface area contributed by atoms with Gasteiger partial charge in [0, 0.05) is 11.0 Å². The highest BCUT2D eigenvalue weighted by Crippen LogP contribution is 2.16. The van der Waals surface area contributed by atoms with Crippen LogP contribution in [0, 0.1) is 0 Å². The molecule has 0 saturated heterocycles. The van der Waals surface area contributed by atoms with Crippen molar-refractivity contribution in [3.63, 3.8) is 0 Å². The van der Waals surface area contributed by atoms with Gasteiger partial charge in [-0.25, -0.2) is 0 Å². The number of aliphatic carboxylic acids is 1. The highest BCUT2D eigenvalue weighted by Gasteiger charge is 2.18. The molecule has 0 amide bonds. The number of hydrogen-bond acceptors (Lipinski definition) is 3. The smallest absolute Gasteiger partial charge is 0.320 e. The summed E-state index contributed by atoms with van der Waals surface area (Å²) in [6.45, 7) is 5.40. The molecule has 1 N–H and O–H groups in total. The lowest BCUT2D eigenvalue weighted by atomic mass is 10.3. The number of likely N-dealkylation sites (N-methyl/N-ethyl adjacent to an activating group) is 1. The van der Waals surface area contributed by atoms with E-state index >= 15 is 0 Å². The minimum atomic E-state index is -0.805. The highest BCUT2D eigenvalue weighted by molar-refractivity contribution is 9.10. The summed E-state index contributed by atoms with van der Waals surface area (Å²) in [5, 5.41) is 8.94. The molecule has 0 spiro atoms. The van der Waals surface area contributed by atoms with E-state index in [2.05, 4.69) is 15.9 Å². The third-order valence-corrected chi connectivity index (χ3v) is 3.30. The van der Waals surface area contributed by atoms with E-state index in [-0.39, 0.29) is 0 Å². The third kappa shape index (κ3) is 4.66. The molecular weight excluding hydrogens is 298 g/mol. The quantitative estimate of drug-likeness (QED) is 0.840. The van der Waals surface area contributed by atoms with Crippen LogP contribution in [0.3, 0.4) is 0 Å². The number of rotatable bonds is 7. The lowest BCUT2D eigenvalue weighted by molar-refractivity contribution is -0.142. The molecule has 5 heteroatoms. The van der Waals surface area contributed by atoms with E-state index in [4.69, 9.17) is 9.84 Å². The van der Waals surface area contributed by atoms with Gasteiger partial charge in [-0.3, -0.25) is 9.69 Å². The zero-order valence-corrected chi connectivity index (χ0v) is 12.2. The Balaban J connectivity index is 2.40. The Labute approximate surface area is 116 Å². The van der Waals surface area contributed by atoms with Crippen molar-refractivity contribution in [3.8, 4) is 5.75 Å². The molecule has 0 heterocycles. The zero-order valence-electron chi connectivity index (χ0n) is 10.6. The maximum Gasteiger partial charge on any atom is 0.320 e. The van der Waals surface area contributed by atoms with Gasteiger partial charge < -0.3 is 9.84 Å². The average Bonchev–Trinajstić information content (AvgIpc) is 2.36. The fraction of sp³-hybridized carbons (Fsp3) is 0.462. The fourth-order valence-corrected chi connectivity index (χ4v) is 1.86. The Bertz CT molecular complexity index is 380. The highest BCUT2D eigenvalue weighted by atomic mass is 79.9. The number of halogens is 1. The average molecular weight is 316 g/mol. The molecule has 0 saturated carbocycles. The Morgan fingerprint density at radius 2 is 2.06 bits per heavy atom. The topological polar surface area (TPSA) is 49.8 Å². The Kier molecular flexibility index (Phi) is 6.15. The molecule has 0 radical (unpaired) electrons. The molecule has 1 aromatic rings. The van der Waals surface area contributed by atoms with Crippen molar-refractivity contribution in [3.05, 3.63) is 28.7 Å². The molecule has 1 atom stereocenters. The summed E-state index contributed by atoms with van der Waals surface area (Å²) in [7, 11) is 0. The Morgan fingerprint density at radius 1 is 1.44 bits per heavy atom. The first-order valence-corrected chi connectivity index (χ1v) is 6.69. The molecule has 4 nitrogen and oxygen atoms in total. The van der Waals surface area contributed by atoms with Crippen LogP contribution in [0.25, 0.3) is 0 Å². The normalized spacial score (nSPS) is 12.4. The number of carboxylic acid groups (broad SMARTS) is 1. The van der Waals surface area contributed by atoms with Crippen LogP contribution >= 0.6 is 15.9 Å². The van der Waals surface area contributed by atoms with Crippen LogP contribution in [-0.2, 0) is 4.79 Å². The number of nitrogens with zero attached hydrogens (tertiary/aromatic N) is 1. The number of carbonyl (C=O) groups is 1. The first-order valence-electron chi connectivity index (χ1n) is 5.89. The van der Waals surface area contributed by atoms with E-state index in [1.54, 1.807) is 6.92 Å². The second-order valence-electron chi connectivity index (χ2n) is 3.95. The van der Waals surface area contributed by atoms with Crippen LogP contribution in [0.2, 0.25) is 0 Å². The summed E-state index contributed by atoms with van der Waals surface area (Å²) in [6.07, 6.45) is 0. The summed E-state index contributed by atoms with van der Waals surface area (Å²) >= 11 is 3.35.